The Morgan fingerprint density at radius 2 is 2.38 bits per heavy atom. The van der Waals surface area contributed by atoms with Gasteiger partial charge in [0.1, 0.15) is 5.75 Å². The van der Waals surface area contributed by atoms with Crippen LogP contribution < -0.4 is 15.4 Å². The Balaban J connectivity index is 1.55. The molecule has 2 aliphatic heterocycles. The predicted molar refractivity (Wildman–Crippen MR) is 79.4 cm³/mol. The van der Waals surface area contributed by atoms with Gasteiger partial charge in [-0.05, 0) is 31.0 Å². The van der Waals surface area contributed by atoms with E-state index < -0.39 is 6.10 Å². The largest absolute Gasteiger partial charge is 0.480 e. The number of ether oxygens (including phenoxy) is 2. The van der Waals surface area contributed by atoms with E-state index in [0.29, 0.717) is 19.6 Å². The minimum Gasteiger partial charge on any atom is -0.480 e. The van der Waals surface area contributed by atoms with Crippen molar-refractivity contribution in [3.05, 3.63) is 29.8 Å². The number of rotatable bonds is 5. The summed E-state index contributed by atoms with van der Waals surface area (Å²) in [4.78, 5) is 12.3. The van der Waals surface area contributed by atoms with Gasteiger partial charge in [0, 0.05) is 20.1 Å². The third kappa shape index (κ3) is 3.04. The van der Waals surface area contributed by atoms with Crippen LogP contribution >= 0.6 is 0 Å². The molecule has 114 valence electrons. The molecule has 1 amide bonds. The van der Waals surface area contributed by atoms with Crippen LogP contribution in [-0.2, 0) is 16.0 Å². The van der Waals surface area contributed by atoms with Crippen LogP contribution in [0.1, 0.15) is 18.4 Å². The number of fused-ring (bicyclic) bond motifs is 1. The average Bonchev–Trinajstić information content (AvgIpc) is 3.12. The number of nitrogens with one attached hydrogen (secondary N) is 2. The summed E-state index contributed by atoms with van der Waals surface area (Å²) in [6, 6.07) is 7.81. The Morgan fingerprint density at radius 1 is 1.52 bits per heavy atom. The van der Waals surface area contributed by atoms with E-state index in [2.05, 4.69) is 10.6 Å². The molecule has 0 radical (unpaired) electrons. The van der Waals surface area contributed by atoms with Crippen molar-refractivity contribution in [1.82, 2.24) is 10.6 Å². The molecule has 2 aliphatic rings. The summed E-state index contributed by atoms with van der Waals surface area (Å²) < 4.78 is 11.0. The highest BCUT2D eigenvalue weighted by Crippen LogP contribution is 2.28. The summed E-state index contributed by atoms with van der Waals surface area (Å²) >= 11 is 0. The quantitative estimate of drug-likeness (QED) is 0.845. The van der Waals surface area contributed by atoms with Crippen molar-refractivity contribution in [2.24, 2.45) is 0 Å². The first-order valence-electron chi connectivity index (χ1n) is 7.49. The fourth-order valence-electron chi connectivity index (χ4n) is 3.17. The van der Waals surface area contributed by atoms with Crippen molar-refractivity contribution in [3.8, 4) is 5.75 Å². The van der Waals surface area contributed by atoms with E-state index in [-0.39, 0.29) is 11.4 Å². The number of amides is 1. The molecular weight excluding hydrogens is 268 g/mol. The first-order valence-corrected chi connectivity index (χ1v) is 7.49. The smallest absolute Gasteiger partial charge is 0.261 e. The van der Waals surface area contributed by atoms with Crippen molar-refractivity contribution >= 4 is 5.91 Å². The minimum atomic E-state index is -0.414. The number of para-hydroxylation sites is 1. The Kier molecular flexibility index (Phi) is 4.12. The zero-order valence-corrected chi connectivity index (χ0v) is 12.4. The SMILES string of the molecule is COCC1(CNC(=O)C2Cc3ccccc3O2)CCCN1. The summed E-state index contributed by atoms with van der Waals surface area (Å²) in [5, 5.41) is 6.47. The van der Waals surface area contributed by atoms with Gasteiger partial charge in [-0.15, -0.1) is 0 Å². The molecule has 0 aromatic heterocycles. The summed E-state index contributed by atoms with van der Waals surface area (Å²) in [5.74, 6) is 0.777. The number of hydrogen-bond donors (Lipinski definition) is 2. The van der Waals surface area contributed by atoms with Crippen molar-refractivity contribution < 1.29 is 14.3 Å². The van der Waals surface area contributed by atoms with Crippen LogP contribution in [0.4, 0.5) is 0 Å². The minimum absolute atomic E-state index is 0.0459. The van der Waals surface area contributed by atoms with Crippen molar-refractivity contribution in [2.45, 2.75) is 30.9 Å². The van der Waals surface area contributed by atoms with Gasteiger partial charge in [0.2, 0.25) is 0 Å². The van der Waals surface area contributed by atoms with Crippen LogP contribution in [-0.4, -0.2) is 44.4 Å². The lowest BCUT2D eigenvalue weighted by Gasteiger charge is -2.29. The molecule has 5 nitrogen and oxygen atoms in total. The first-order chi connectivity index (χ1) is 10.2. The van der Waals surface area contributed by atoms with Gasteiger partial charge >= 0.3 is 0 Å². The molecular formula is C16H22N2O3. The average molecular weight is 290 g/mol. The van der Waals surface area contributed by atoms with Crippen LogP contribution in [0.25, 0.3) is 0 Å². The highest BCUT2D eigenvalue weighted by Gasteiger charge is 2.35. The fraction of sp³-hybridized carbons (Fsp3) is 0.562. The van der Waals surface area contributed by atoms with E-state index in [1.807, 2.05) is 24.3 Å². The maximum Gasteiger partial charge on any atom is 0.261 e. The van der Waals surface area contributed by atoms with E-state index in [1.54, 1.807) is 7.11 Å². The van der Waals surface area contributed by atoms with Gasteiger partial charge in [-0.2, -0.15) is 0 Å². The summed E-state index contributed by atoms with van der Waals surface area (Å²) in [6.45, 7) is 2.17. The second-order valence-corrected chi connectivity index (χ2v) is 5.88. The van der Waals surface area contributed by atoms with E-state index >= 15 is 0 Å². The molecule has 1 saturated heterocycles. The first kappa shape index (κ1) is 14.4. The topological polar surface area (TPSA) is 59.6 Å². The zero-order valence-electron chi connectivity index (χ0n) is 12.4. The second kappa shape index (κ2) is 6.03. The van der Waals surface area contributed by atoms with Crippen LogP contribution in [0.2, 0.25) is 0 Å². The third-order valence-corrected chi connectivity index (χ3v) is 4.29. The molecule has 3 rings (SSSR count). The molecule has 21 heavy (non-hydrogen) atoms. The van der Waals surface area contributed by atoms with Gasteiger partial charge in [0.25, 0.3) is 5.91 Å². The molecule has 0 aliphatic carbocycles. The second-order valence-electron chi connectivity index (χ2n) is 5.88. The normalized spacial score (nSPS) is 27.2. The molecule has 1 aromatic rings. The maximum atomic E-state index is 12.3. The monoisotopic (exact) mass is 290 g/mol. The van der Waals surface area contributed by atoms with Crippen LogP contribution in [0.5, 0.6) is 5.75 Å². The van der Waals surface area contributed by atoms with E-state index in [4.69, 9.17) is 9.47 Å². The van der Waals surface area contributed by atoms with Gasteiger partial charge in [-0.1, -0.05) is 18.2 Å². The lowest BCUT2D eigenvalue weighted by molar-refractivity contribution is -0.127. The molecule has 5 heteroatoms. The molecule has 2 atom stereocenters. The molecule has 1 aromatic carbocycles. The summed E-state index contributed by atoms with van der Waals surface area (Å²) in [6.07, 6.45) is 2.37. The van der Waals surface area contributed by atoms with Gasteiger partial charge in [-0.25, -0.2) is 0 Å². The summed E-state index contributed by atoms with van der Waals surface area (Å²) in [7, 11) is 1.69. The van der Waals surface area contributed by atoms with Gasteiger partial charge in [0.05, 0.1) is 12.1 Å². The molecule has 1 fully saturated rings. The van der Waals surface area contributed by atoms with Gasteiger partial charge in [-0.3, -0.25) is 4.79 Å². The number of methoxy groups -OCH3 is 1. The molecule has 2 N–H and O–H groups in total. The number of carbonyl (C=O) groups is 1. The van der Waals surface area contributed by atoms with Crippen LogP contribution in [0.15, 0.2) is 24.3 Å². The van der Waals surface area contributed by atoms with Crippen molar-refractivity contribution in [1.29, 1.82) is 0 Å². The lowest BCUT2D eigenvalue weighted by Crippen LogP contribution is -2.54. The van der Waals surface area contributed by atoms with Crippen molar-refractivity contribution in [3.63, 3.8) is 0 Å². The van der Waals surface area contributed by atoms with Gasteiger partial charge < -0.3 is 20.1 Å². The molecule has 0 bridgehead atoms. The number of carbonyl (C=O) groups excluding carboxylic acids is 1. The predicted octanol–water partition coefficient (Wildman–Crippen LogP) is 0.875. The van der Waals surface area contributed by atoms with Gasteiger partial charge in [0.15, 0.2) is 6.10 Å². The Hall–Kier alpha value is -1.59. The Bertz CT molecular complexity index is 487. The molecule has 2 unspecified atom stereocenters. The van der Waals surface area contributed by atoms with E-state index in [1.165, 1.54) is 0 Å². The molecule has 0 saturated carbocycles. The third-order valence-electron chi connectivity index (χ3n) is 4.29. The van der Waals surface area contributed by atoms with Crippen LogP contribution in [0.3, 0.4) is 0 Å². The summed E-state index contributed by atoms with van der Waals surface area (Å²) in [5.41, 5.74) is 0.971. The maximum absolute atomic E-state index is 12.3. The number of benzene rings is 1. The highest BCUT2D eigenvalue weighted by molar-refractivity contribution is 5.82. The van der Waals surface area contributed by atoms with Crippen molar-refractivity contribution in [2.75, 3.05) is 26.8 Å². The number of hydrogen-bond acceptors (Lipinski definition) is 4. The zero-order chi connectivity index (χ0) is 14.7. The Labute approximate surface area is 125 Å². The standard InChI is InChI=1S/C16H22N2O3/c1-20-11-16(7-4-8-18-16)10-17-15(19)14-9-12-5-2-3-6-13(12)21-14/h2-3,5-6,14,18H,4,7-11H2,1H3,(H,17,19). The van der Waals surface area contributed by atoms with E-state index in [0.717, 1.165) is 30.7 Å². The fourth-order valence-corrected chi connectivity index (χ4v) is 3.17. The Morgan fingerprint density at radius 3 is 3.10 bits per heavy atom. The molecule has 2 heterocycles. The van der Waals surface area contributed by atoms with E-state index in [9.17, 15) is 4.79 Å². The molecule has 0 spiro atoms. The van der Waals surface area contributed by atoms with Crippen LogP contribution in [0, 0.1) is 0 Å². The lowest BCUT2D eigenvalue weighted by atomic mass is 9.98. The highest BCUT2D eigenvalue weighted by atomic mass is 16.5.